The van der Waals surface area contributed by atoms with Crippen LogP contribution in [-0.2, 0) is 9.63 Å². The Labute approximate surface area is 200 Å². The fourth-order valence-corrected chi connectivity index (χ4v) is 4.51. The lowest BCUT2D eigenvalue weighted by atomic mass is 9.84. The molecule has 0 N–H and O–H groups in total. The molecule has 3 aromatic rings. The summed E-state index contributed by atoms with van der Waals surface area (Å²) in [6, 6.07) is 10.8. The van der Waals surface area contributed by atoms with Crippen molar-refractivity contribution in [2.45, 2.75) is 44.7 Å². The van der Waals surface area contributed by atoms with E-state index in [1.807, 2.05) is 24.6 Å². The largest absolute Gasteiger partial charge is 0.495 e. The quantitative estimate of drug-likeness (QED) is 0.555. The SMILES string of the molecule is [2H]C1([2H])C(c2ccc(-n3cnc(C)c3)c(OC)c2)=NOC12CCCN(C(C)c1ccc(F)cc1)C2=O. The van der Waals surface area contributed by atoms with Gasteiger partial charge in [-0.15, -0.1) is 0 Å². The van der Waals surface area contributed by atoms with Gasteiger partial charge in [-0.25, -0.2) is 9.37 Å². The number of likely N-dealkylation sites (tertiary alicyclic amines) is 1. The Balaban J connectivity index is 1.46. The number of ether oxygens (including phenoxy) is 1. The molecule has 8 heteroatoms. The Morgan fingerprint density at radius 2 is 2.06 bits per heavy atom. The van der Waals surface area contributed by atoms with Gasteiger partial charge >= 0.3 is 0 Å². The second-order valence-electron chi connectivity index (χ2n) is 8.62. The molecule has 0 aliphatic carbocycles. The topological polar surface area (TPSA) is 69.0 Å². The molecule has 1 spiro atoms. The molecule has 7 nitrogen and oxygen atoms in total. The fraction of sp³-hybridized carbons (Fsp3) is 0.346. The highest BCUT2D eigenvalue weighted by molar-refractivity contribution is 6.06. The number of halogens is 1. The van der Waals surface area contributed by atoms with Gasteiger partial charge in [-0.1, -0.05) is 23.4 Å². The number of oxime groups is 1. The zero-order valence-electron chi connectivity index (χ0n) is 21.3. The van der Waals surface area contributed by atoms with Crippen LogP contribution < -0.4 is 4.74 Å². The van der Waals surface area contributed by atoms with Crippen molar-refractivity contribution in [3.63, 3.8) is 0 Å². The Hall–Kier alpha value is -3.68. The molecule has 3 heterocycles. The van der Waals surface area contributed by atoms with E-state index in [0.29, 0.717) is 24.3 Å². The number of hydrogen-bond acceptors (Lipinski definition) is 5. The molecule has 1 fully saturated rings. The van der Waals surface area contributed by atoms with Crippen LogP contribution in [0.3, 0.4) is 0 Å². The molecule has 2 aromatic carbocycles. The minimum atomic E-state index is -2.19. The first-order chi connectivity index (χ1) is 17.2. The third-order valence-electron chi connectivity index (χ3n) is 6.41. The van der Waals surface area contributed by atoms with E-state index in [2.05, 4.69) is 10.1 Å². The summed E-state index contributed by atoms with van der Waals surface area (Å²) < 4.78 is 38.9. The first kappa shape index (κ1) is 19.8. The monoisotopic (exact) mass is 464 g/mol. The van der Waals surface area contributed by atoms with E-state index in [1.54, 1.807) is 41.6 Å². The standard InChI is InChI=1S/C26H27FN4O3/c1-17-15-30(16-28-17)23-10-7-20(13-24(23)33-3)22-14-26(34-29-22)11-4-12-31(25(26)32)18(2)19-5-8-21(27)9-6-19/h5-10,13,15-16,18H,4,11-12,14H2,1-3H3/i14D2. The number of nitrogens with zero attached hydrogens (tertiary/aromatic N) is 4. The summed E-state index contributed by atoms with van der Waals surface area (Å²) in [5.41, 5.74) is 1.08. The summed E-state index contributed by atoms with van der Waals surface area (Å²) in [6.45, 7) is 4.18. The summed E-state index contributed by atoms with van der Waals surface area (Å²) in [5.74, 6) is -0.316. The Morgan fingerprint density at radius 1 is 1.26 bits per heavy atom. The van der Waals surface area contributed by atoms with Crippen molar-refractivity contribution >= 4 is 11.6 Å². The van der Waals surface area contributed by atoms with Crippen LogP contribution in [-0.4, -0.2) is 45.3 Å². The van der Waals surface area contributed by atoms with Crippen LogP contribution in [0.25, 0.3) is 5.69 Å². The van der Waals surface area contributed by atoms with Crippen LogP contribution >= 0.6 is 0 Å². The maximum Gasteiger partial charge on any atom is 0.270 e. The van der Waals surface area contributed by atoms with Crippen molar-refractivity contribution in [2.24, 2.45) is 5.16 Å². The first-order valence-corrected chi connectivity index (χ1v) is 11.2. The van der Waals surface area contributed by atoms with Crippen molar-refractivity contribution in [3.05, 3.63) is 77.6 Å². The second-order valence-corrected chi connectivity index (χ2v) is 8.62. The summed E-state index contributed by atoms with van der Waals surface area (Å²) in [4.78, 5) is 25.3. The van der Waals surface area contributed by atoms with Crippen LogP contribution in [0.15, 0.2) is 60.1 Å². The number of aromatic nitrogens is 2. The van der Waals surface area contributed by atoms with Crippen LogP contribution in [0, 0.1) is 12.7 Å². The number of carbonyl (C=O) groups excluding carboxylic acids is 1. The Bertz CT molecular complexity index is 1340. The van der Waals surface area contributed by atoms with Gasteiger partial charge in [-0.05, 0) is 50.1 Å². The van der Waals surface area contributed by atoms with E-state index in [9.17, 15) is 9.18 Å². The van der Waals surface area contributed by atoms with Gasteiger partial charge in [0.15, 0.2) is 0 Å². The average Bonchev–Trinajstić information content (AvgIpc) is 3.41. The Morgan fingerprint density at radius 3 is 2.76 bits per heavy atom. The molecule has 1 saturated heterocycles. The molecule has 0 saturated carbocycles. The second kappa shape index (κ2) is 8.59. The number of imidazole rings is 1. The van der Waals surface area contributed by atoms with Gasteiger partial charge in [-0.2, -0.15) is 0 Å². The predicted octanol–water partition coefficient (Wildman–Crippen LogP) is 4.58. The van der Waals surface area contributed by atoms with Crippen molar-refractivity contribution in [3.8, 4) is 11.4 Å². The van der Waals surface area contributed by atoms with Gasteiger partial charge in [0.25, 0.3) is 5.91 Å². The number of piperidine rings is 1. The third-order valence-corrected chi connectivity index (χ3v) is 6.41. The maximum atomic E-state index is 13.8. The number of amides is 1. The summed E-state index contributed by atoms with van der Waals surface area (Å²) >= 11 is 0. The molecular formula is C26H27FN4O3. The minimum Gasteiger partial charge on any atom is -0.495 e. The van der Waals surface area contributed by atoms with Crippen molar-refractivity contribution in [2.75, 3.05) is 13.7 Å². The van der Waals surface area contributed by atoms with Gasteiger partial charge in [0.05, 0.1) is 36.6 Å². The molecule has 0 bridgehead atoms. The molecular weight excluding hydrogens is 435 g/mol. The van der Waals surface area contributed by atoms with Crippen LogP contribution in [0.5, 0.6) is 5.75 Å². The minimum absolute atomic E-state index is 0.0406. The van der Waals surface area contributed by atoms with Crippen LogP contribution in [0.4, 0.5) is 4.39 Å². The molecule has 2 atom stereocenters. The van der Waals surface area contributed by atoms with Gasteiger partial charge in [-0.3, -0.25) is 4.79 Å². The van der Waals surface area contributed by atoms with E-state index < -0.39 is 17.9 Å². The van der Waals surface area contributed by atoms with E-state index in [0.717, 1.165) is 16.9 Å². The van der Waals surface area contributed by atoms with Gasteiger partial charge < -0.3 is 19.0 Å². The zero-order chi connectivity index (χ0) is 25.7. The van der Waals surface area contributed by atoms with Gasteiger partial charge in [0.1, 0.15) is 11.6 Å². The average molecular weight is 465 g/mol. The van der Waals surface area contributed by atoms with Gasteiger partial charge in [0.2, 0.25) is 5.60 Å². The van der Waals surface area contributed by atoms with Crippen molar-refractivity contribution in [1.29, 1.82) is 0 Å². The molecule has 1 aromatic heterocycles. The molecule has 2 aliphatic rings. The molecule has 5 rings (SSSR count). The lowest BCUT2D eigenvalue weighted by Gasteiger charge is -2.40. The van der Waals surface area contributed by atoms with E-state index in [-0.39, 0.29) is 24.0 Å². The van der Waals surface area contributed by atoms with Crippen molar-refractivity contribution in [1.82, 2.24) is 14.5 Å². The first-order valence-electron chi connectivity index (χ1n) is 12.2. The lowest BCUT2D eigenvalue weighted by molar-refractivity contribution is -0.164. The molecule has 0 radical (unpaired) electrons. The molecule has 2 aliphatic heterocycles. The predicted molar refractivity (Wildman–Crippen MR) is 126 cm³/mol. The molecule has 34 heavy (non-hydrogen) atoms. The molecule has 1 amide bonds. The van der Waals surface area contributed by atoms with E-state index in [4.69, 9.17) is 12.3 Å². The number of aryl methyl sites for hydroxylation is 1. The zero-order valence-corrected chi connectivity index (χ0v) is 19.3. The number of benzene rings is 2. The number of carbonyl (C=O) groups is 1. The molecule has 2 unspecified atom stereocenters. The lowest BCUT2D eigenvalue weighted by Crippen LogP contribution is -2.54. The summed E-state index contributed by atoms with van der Waals surface area (Å²) in [7, 11) is 1.54. The Kier molecular flexibility index (Phi) is 4.99. The van der Waals surface area contributed by atoms with Gasteiger partial charge in [0, 0.05) is 33.8 Å². The summed E-state index contributed by atoms with van der Waals surface area (Å²) in [6.07, 6.45) is 2.08. The fourth-order valence-electron chi connectivity index (χ4n) is 4.51. The summed E-state index contributed by atoms with van der Waals surface area (Å²) in [5, 5.41) is 4.12. The van der Waals surface area contributed by atoms with E-state index >= 15 is 0 Å². The number of hydrogen-bond donors (Lipinski definition) is 0. The van der Waals surface area contributed by atoms with Crippen LogP contribution in [0.1, 0.15) is 51.7 Å². The maximum absolute atomic E-state index is 13.8. The highest BCUT2D eigenvalue weighted by atomic mass is 19.1. The van der Waals surface area contributed by atoms with Crippen molar-refractivity contribution < 1.29 is 21.5 Å². The normalized spacial score (nSPS) is 23.2. The number of methoxy groups -OCH3 is 1. The van der Waals surface area contributed by atoms with E-state index in [1.165, 1.54) is 19.2 Å². The smallest absolute Gasteiger partial charge is 0.270 e. The molecule has 176 valence electrons. The highest BCUT2D eigenvalue weighted by Crippen LogP contribution is 2.39. The number of rotatable bonds is 5. The van der Waals surface area contributed by atoms with Crippen LogP contribution in [0.2, 0.25) is 0 Å². The highest BCUT2D eigenvalue weighted by Gasteiger charge is 2.51. The third kappa shape index (κ3) is 3.83.